The van der Waals surface area contributed by atoms with Gasteiger partial charge in [-0.2, -0.15) is 0 Å². The summed E-state index contributed by atoms with van der Waals surface area (Å²) in [7, 11) is 0. The van der Waals surface area contributed by atoms with Crippen molar-refractivity contribution in [3.05, 3.63) is 12.7 Å². The Balaban J connectivity index is 0.00000308. The second-order valence-corrected chi connectivity index (χ2v) is 14.6. The fourth-order valence-corrected chi connectivity index (χ4v) is 11.3. The summed E-state index contributed by atoms with van der Waals surface area (Å²) >= 11 is 0. The van der Waals surface area contributed by atoms with Gasteiger partial charge < -0.3 is 36.0 Å². The van der Waals surface area contributed by atoms with Crippen LogP contribution in [0.15, 0.2) is 12.7 Å². The molecule has 6 nitrogen and oxygen atoms in total. The van der Waals surface area contributed by atoms with E-state index in [0.29, 0.717) is 35.8 Å². The number of ether oxygens (including phenoxy) is 2. The minimum absolute atomic E-state index is 0. The molecule has 2 heterocycles. The molecule has 0 radical (unpaired) electrons. The largest absolute Gasteiger partial charge is 1.00 e. The van der Waals surface area contributed by atoms with E-state index in [-0.39, 0.29) is 46.0 Å². The smallest absolute Gasteiger partial charge is 0.302 e. The summed E-state index contributed by atoms with van der Waals surface area (Å²) in [5.41, 5.74) is 0.316. The fourth-order valence-electron chi connectivity index (χ4n) is 11.3. The number of aliphatic hydroxyl groups excluding tert-OH is 1. The van der Waals surface area contributed by atoms with Crippen molar-refractivity contribution in [2.45, 2.75) is 103 Å². The first kappa shape index (κ1) is 30.0. The zero-order valence-electron chi connectivity index (χ0n) is 24.7. The number of nitrogens with zero attached hydrogens (tertiary/aromatic N) is 2. The van der Waals surface area contributed by atoms with Crippen LogP contribution in [-0.2, 0) is 14.3 Å². The average molecular weight is 610 g/mol. The van der Waals surface area contributed by atoms with Crippen LogP contribution in [0.25, 0.3) is 0 Å². The van der Waals surface area contributed by atoms with Crippen LogP contribution in [0.2, 0.25) is 0 Å². The molecule has 0 bridgehead atoms. The summed E-state index contributed by atoms with van der Waals surface area (Å²) in [6.45, 7) is 17.6. The van der Waals surface area contributed by atoms with Crippen LogP contribution in [0.3, 0.4) is 0 Å². The SMILES string of the molecule is C=CC[N+]1([C@H]2C[C@H]3[C@@H]4CC[C@H]5C[C@H](OC(C)=O)[C@@H](N6CCOCC6)C[C@]5(C)[C@H]4CC[C@]3(C)[C@H]2O)CCCC1.[Br-]. The molecule has 0 unspecified atom stereocenters. The fraction of sp³-hybridized carbons (Fsp3) is 0.906. The number of quaternary nitrogens is 1. The van der Waals surface area contributed by atoms with E-state index in [1.54, 1.807) is 6.92 Å². The molecule has 7 heteroatoms. The molecule has 1 N–H and O–H groups in total. The molecule has 6 rings (SSSR count). The van der Waals surface area contributed by atoms with E-state index in [1.165, 1.54) is 51.6 Å². The van der Waals surface area contributed by atoms with Crippen molar-refractivity contribution in [3.63, 3.8) is 0 Å². The molecular formula is C32H53BrN2O4. The number of aliphatic hydroxyl groups is 1. The minimum Gasteiger partial charge on any atom is -1.00 e. The highest BCUT2D eigenvalue weighted by Crippen LogP contribution is 2.67. The molecule has 4 aliphatic carbocycles. The van der Waals surface area contributed by atoms with Gasteiger partial charge in [0.15, 0.2) is 0 Å². The number of esters is 1. The number of carbonyl (C=O) groups excluding carboxylic acids is 1. The van der Waals surface area contributed by atoms with Gasteiger partial charge in [0.1, 0.15) is 18.2 Å². The van der Waals surface area contributed by atoms with E-state index < -0.39 is 0 Å². The second-order valence-electron chi connectivity index (χ2n) is 14.6. The third-order valence-electron chi connectivity index (χ3n) is 13.1. The van der Waals surface area contributed by atoms with Crippen LogP contribution in [0, 0.1) is 34.5 Å². The highest BCUT2D eigenvalue weighted by molar-refractivity contribution is 5.66. The Kier molecular flexibility index (Phi) is 8.70. The zero-order chi connectivity index (χ0) is 26.7. The van der Waals surface area contributed by atoms with Gasteiger partial charge in [-0.05, 0) is 73.7 Å². The number of fused-ring (bicyclic) bond motifs is 5. The second kappa shape index (κ2) is 11.3. The summed E-state index contributed by atoms with van der Waals surface area (Å²) in [6.07, 6.45) is 12.7. The molecule has 0 aromatic rings. The van der Waals surface area contributed by atoms with Crippen molar-refractivity contribution in [1.29, 1.82) is 0 Å². The van der Waals surface area contributed by atoms with E-state index in [0.717, 1.165) is 56.6 Å². The van der Waals surface area contributed by atoms with E-state index in [2.05, 4.69) is 31.4 Å². The maximum absolute atomic E-state index is 12.1. The van der Waals surface area contributed by atoms with Crippen molar-refractivity contribution in [2.24, 2.45) is 34.5 Å². The topological polar surface area (TPSA) is 59.0 Å². The average Bonchev–Trinajstić information content (AvgIpc) is 3.47. The van der Waals surface area contributed by atoms with Gasteiger partial charge in [-0.1, -0.05) is 20.4 Å². The van der Waals surface area contributed by atoms with Gasteiger partial charge >= 0.3 is 5.97 Å². The molecule has 4 saturated carbocycles. The number of rotatable bonds is 5. The quantitative estimate of drug-likeness (QED) is 0.291. The van der Waals surface area contributed by atoms with E-state index in [1.807, 2.05) is 0 Å². The number of hydrogen-bond donors (Lipinski definition) is 1. The number of hydrogen-bond acceptors (Lipinski definition) is 5. The third kappa shape index (κ3) is 4.88. The lowest BCUT2D eigenvalue weighted by atomic mass is 9.44. The van der Waals surface area contributed by atoms with E-state index in [4.69, 9.17) is 9.47 Å². The van der Waals surface area contributed by atoms with Crippen LogP contribution in [-0.4, -0.2) is 90.7 Å². The monoisotopic (exact) mass is 608 g/mol. The molecule has 0 aromatic heterocycles. The lowest BCUT2D eigenvalue weighted by Gasteiger charge is -2.62. The predicted octanol–water partition coefficient (Wildman–Crippen LogP) is 1.41. The Bertz CT molecular complexity index is 905. The summed E-state index contributed by atoms with van der Waals surface area (Å²) in [4.78, 5) is 14.7. The number of likely N-dealkylation sites (tertiary alicyclic amines) is 1. The highest BCUT2D eigenvalue weighted by atomic mass is 79.9. The maximum atomic E-state index is 12.1. The van der Waals surface area contributed by atoms with Gasteiger partial charge in [-0.25, -0.2) is 0 Å². The van der Waals surface area contributed by atoms with Crippen LogP contribution >= 0.6 is 0 Å². The van der Waals surface area contributed by atoms with Crippen molar-refractivity contribution < 1.29 is 40.8 Å². The normalized spacial score (nSPS) is 47.3. The standard InChI is InChI=1S/C32H53N2O4.BrH/c1-5-14-34(15-6-7-16-34)28-20-26-24-9-8-23-19-29(38-22(2)35)27(33-12-17-37-18-13-33)21-32(23,4)25(24)10-11-31(26,3)30(28)36;/h5,23-30,36H,1,6-21H2,2-4H3;1H/q+1;/p-1/t23-,24+,25-,26-,27-,28-,29-,30-,31-,32-;/m0./s1. The van der Waals surface area contributed by atoms with Gasteiger partial charge in [0, 0.05) is 50.7 Å². The Morgan fingerprint density at radius 1 is 1.10 bits per heavy atom. The maximum Gasteiger partial charge on any atom is 0.302 e. The Morgan fingerprint density at radius 2 is 1.82 bits per heavy atom. The predicted molar refractivity (Wildman–Crippen MR) is 148 cm³/mol. The molecule has 0 spiro atoms. The molecule has 10 atom stereocenters. The molecule has 2 saturated heterocycles. The Hall–Kier alpha value is -0.470. The first-order valence-corrected chi connectivity index (χ1v) is 15.9. The third-order valence-corrected chi connectivity index (χ3v) is 13.1. The van der Waals surface area contributed by atoms with Gasteiger partial charge in [-0.3, -0.25) is 9.69 Å². The Morgan fingerprint density at radius 3 is 2.49 bits per heavy atom. The molecule has 6 fully saturated rings. The van der Waals surface area contributed by atoms with Crippen LogP contribution in [0.5, 0.6) is 0 Å². The highest BCUT2D eigenvalue weighted by Gasteiger charge is 2.66. The lowest BCUT2D eigenvalue weighted by molar-refractivity contribution is -0.938. The van der Waals surface area contributed by atoms with Crippen molar-refractivity contribution >= 4 is 5.97 Å². The zero-order valence-corrected chi connectivity index (χ0v) is 26.2. The molecule has 2 aliphatic heterocycles. The van der Waals surface area contributed by atoms with Gasteiger partial charge in [0.25, 0.3) is 0 Å². The van der Waals surface area contributed by atoms with Crippen molar-refractivity contribution in [1.82, 2.24) is 4.90 Å². The molecule has 0 amide bonds. The molecule has 6 aliphatic rings. The summed E-state index contributed by atoms with van der Waals surface area (Å²) in [5.74, 6) is 2.51. The summed E-state index contributed by atoms with van der Waals surface area (Å²) < 4.78 is 12.8. The summed E-state index contributed by atoms with van der Waals surface area (Å²) in [6, 6.07) is 0.666. The Labute approximate surface area is 247 Å². The van der Waals surface area contributed by atoms with Gasteiger partial charge in [-0.15, -0.1) is 0 Å². The minimum atomic E-state index is -0.196. The van der Waals surface area contributed by atoms with Crippen molar-refractivity contribution in [3.8, 4) is 0 Å². The van der Waals surface area contributed by atoms with Crippen LogP contribution < -0.4 is 17.0 Å². The van der Waals surface area contributed by atoms with Crippen molar-refractivity contribution in [2.75, 3.05) is 45.9 Å². The van der Waals surface area contributed by atoms with E-state index in [9.17, 15) is 9.90 Å². The number of morpholine rings is 1. The first-order chi connectivity index (χ1) is 18.2. The first-order valence-electron chi connectivity index (χ1n) is 15.9. The molecule has 39 heavy (non-hydrogen) atoms. The van der Waals surface area contributed by atoms with Gasteiger partial charge in [0.2, 0.25) is 0 Å². The molecule has 222 valence electrons. The van der Waals surface area contributed by atoms with Crippen LogP contribution in [0.4, 0.5) is 0 Å². The lowest BCUT2D eigenvalue weighted by Crippen LogP contribution is -3.00. The number of halogens is 1. The number of carbonyl (C=O) groups is 1. The molecule has 0 aromatic carbocycles. The van der Waals surface area contributed by atoms with Crippen LogP contribution in [0.1, 0.15) is 78.6 Å². The van der Waals surface area contributed by atoms with E-state index >= 15 is 0 Å². The summed E-state index contributed by atoms with van der Waals surface area (Å²) in [5, 5.41) is 12.0. The molecular weight excluding hydrogens is 556 g/mol. The van der Waals surface area contributed by atoms with Gasteiger partial charge in [0.05, 0.1) is 32.8 Å².